The summed E-state index contributed by atoms with van der Waals surface area (Å²) >= 11 is 0. The van der Waals surface area contributed by atoms with Gasteiger partial charge in [0.2, 0.25) is 5.91 Å². The Morgan fingerprint density at radius 2 is 1.81 bits per heavy atom. The lowest BCUT2D eigenvalue weighted by molar-refractivity contribution is -0.158. The molecule has 1 aliphatic heterocycles. The van der Waals surface area contributed by atoms with Gasteiger partial charge in [0.1, 0.15) is 6.04 Å². The van der Waals surface area contributed by atoms with Crippen molar-refractivity contribution in [2.45, 2.75) is 76.3 Å². The summed E-state index contributed by atoms with van der Waals surface area (Å²) in [6, 6.07) is -0.443. The summed E-state index contributed by atoms with van der Waals surface area (Å²) in [5.74, 6) is -0.285. The third-order valence-corrected chi connectivity index (χ3v) is 5.04. The molecule has 1 saturated carbocycles. The Kier molecular flexibility index (Phi) is 6.03. The molecule has 3 N–H and O–H groups in total. The molecule has 0 aromatic rings. The average molecular weight is 296 g/mol. The molecule has 120 valence electrons. The van der Waals surface area contributed by atoms with Gasteiger partial charge < -0.3 is 15.7 Å². The number of hydrogen-bond acceptors (Lipinski definition) is 3. The van der Waals surface area contributed by atoms with Crippen molar-refractivity contribution in [1.82, 2.24) is 4.90 Å². The quantitative estimate of drug-likeness (QED) is 0.736. The van der Waals surface area contributed by atoms with E-state index in [4.69, 9.17) is 5.73 Å². The fourth-order valence-electron chi connectivity index (χ4n) is 3.96. The molecule has 0 radical (unpaired) electrons. The minimum atomic E-state index is -0.839. The number of carbonyl (C=O) groups is 2. The molecule has 2 aliphatic rings. The van der Waals surface area contributed by atoms with E-state index in [2.05, 4.69) is 0 Å². The van der Waals surface area contributed by atoms with E-state index in [0.29, 0.717) is 25.3 Å². The van der Waals surface area contributed by atoms with Crippen LogP contribution in [0.25, 0.3) is 0 Å². The number of aliphatic carboxylic acids is 1. The zero-order valence-corrected chi connectivity index (χ0v) is 12.8. The smallest absolute Gasteiger partial charge is 0.326 e. The highest BCUT2D eigenvalue weighted by Gasteiger charge is 2.43. The van der Waals surface area contributed by atoms with Gasteiger partial charge in [0.25, 0.3) is 0 Å². The standard InChI is InChI=1S/C16H28N2O3/c17-11-5-1-2-8-15(19)18-13-7-4-3-6-12(13)9-10-14(18)16(20)21/h12-14H,1-11,17H2,(H,20,21). The zero-order chi connectivity index (χ0) is 15.2. The number of carboxylic acids is 1. The van der Waals surface area contributed by atoms with E-state index in [0.717, 1.165) is 44.9 Å². The van der Waals surface area contributed by atoms with E-state index >= 15 is 0 Å². The van der Waals surface area contributed by atoms with E-state index < -0.39 is 12.0 Å². The highest BCUT2D eigenvalue weighted by Crippen LogP contribution is 2.38. The summed E-state index contributed by atoms with van der Waals surface area (Å²) < 4.78 is 0. The lowest BCUT2D eigenvalue weighted by Gasteiger charge is -2.47. The lowest BCUT2D eigenvalue weighted by atomic mass is 9.76. The van der Waals surface area contributed by atoms with Gasteiger partial charge in [0.15, 0.2) is 0 Å². The van der Waals surface area contributed by atoms with Crippen LogP contribution in [0.1, 0.15) is 64.2 Å². The number of unbranched alkanes of at least 4 members (excludes halogenated alkanes) is 2. The third-order valence-electron chi connectivity index (χ3n) is 5.04. The van der Waals surface area contributed by atoms with Crippen LogP contribution in [0.3, 0.4) is 0 Å². The number of rotatable bonds is 6. The summed E-state index contributed by atoms with van der Waals surface area (Å²) in [5.41, 5.74) is 5.46. The molecule has 1 saturated heterocycles. The van der Waals surface area contributed by atoms with Crippen LogP contribution in [0.5, 0.6) is 0 Å². The maximum Gasteiger partial charge on any atom is 0.326 e. The normalized spacial score (nSPS) is 29.0. The molecule has 0 aromatic heterocycles. The van der Waals surface area contributed by atoms with Crippen molar-refractivity contribution in [2.24, 2.45) is 11.7 Å². The zero-order valence-electron chi connectivity index (χ0n) is 12.8. The number of hydrogen-bond donors (Lipinski definition) is 2. The first-order valence-electron chi connectivity index (χ1n) is 8.39. The Morgan fingerprint density at radius 3 is 2.52 bits per heavy atom. The van der Waals surface area contributed by atoms with E-state index in [9.17, 15) is 14.7 Å². The maximum absolute atomic E-state index is 12.6. The molecule has 2 rings (SSSR count). The van der Waals surface area contributed by atoms with Crippen molar-refractivity contribution >= 4 is 11.9 Å². The van der Waals surface area contributed by atoms with Gasteiger partial charge in [-0.2, -0.15) is 0 Å². The highest BCUT2D eigenvalue weighted by atomic mass is 16.4. The predicted molar refractivity (Wildman–Crippen MR) is 80.8 cm³/mol. The van der Waals surface area contributed by atoms with E-state index in [1.165, 1.54) is 6.42 Å². The van der Waals surface area contributed by atoms with Crippen LogP contribution in [0.4, 0.5) is 0 Å². The van der Waals surface area contributed by atoms with Crippen LogP contribution in [0, 0.1) is 5.92 Å². The fraction of sp³-hybridized carbons (Fsp3) is 0.875. The summed E-state index contributed by atoms with van der Waals surface area (Å²) in [6.07, 6.45) is 9.19. The number of nitrogens with two attached hydrogens (primary N) is 1. The van der Waals surface area contributed by atoms with Gasteiger partial charge in [0.05, 0.1) is 0 Å². The van der Waals surface area contributed by atoms with Crippen LogP contribution in [-0.2, 0) is 9.59 Å². The van der Waals surface area contributed by atoms with Crippen molar-refractivity contribution < 1.29 is 14.7 Å². The van der Waals surface area contributed by atoms with Gasteiger partial charge in [-0.25, -0.2) is 4.79 Å². The van der Waals surface area contributed by atoms with Gasteiger partial charge >= 0.3 is 5.97 Å². The van der Waals surface area contributed by atoms with Gasteiger partial charge in [0, 0.05) is 12.5 Å². The topological polar surface area (TPSA) is 83.6 Å². The number of carboxylic acid groups (broad SMARTS) is 1. The predicted octanol–water partition coefficient (Wildman–Crippen LogP) is 2.14. The second-order valence-electron chi connectivity index (χ2n) is 6.44. The Bertz CT molecular complexity index is 373. The first-order valence-corrected chi connectivity index (χ1v) is 8.39. The summed E-state index contributed by atoms with van der Waals surface area (Å²) in [5, 5.41) is 9.45. The Hall–Kier alpha value is -1.10. The molecule has 21 heavy (non-hydrogen) atoms. The maximum atomic E-state index is 12.6. The SMILES string of the molecule is NCCCCCC(=O)N1C(C(=O)O)CCC2CCCCC21. The molecule has 1 aliphatic carbocycles. The van der Waals surface area contributed by atoms with Crippen LogP contribution < -0.4 is 5.73 Å². The second-order valence-corrected chi connectivity index (χ2v) is 6.44. The van der Waals surface area contributed by atoms with Crippen molar-refractivity contribution in [3.8, 4) is 0 Å². The van der Waals surface area contributed by atoms with Crippen LogP contribution >= 0.6 is 0 Å². The van der Waals surface area contributed by atoms with Crippen molar-refractivity contribution in [3.05, 3.63) is 0 Å². The molecule has 1 heterocycles. The first kappa shape index (κ1) is 16.3. The van der Waals surface area contributed by atoms with Crippen LogP contribution in [0.2, 0.25) is 0 Å². The number of amides is 1. The number of piperidine rings is 1. The van der Waals surface area contributed by atoms with Crippen molar-refractivity contribution in [1.29, 1.82) is 0 Å². The Balaban J connectivity index is 2.01. The van der Waals surface area contributed by atoms with E-state index in [-0.39, 0.29) is 11.9 Å². The van der Waals surface area contributed by atoms with Crippen molar-refractivity contribution in [2.75, 3.05) is 6.54 Å². The summed E-state index contributed by atoms with van der Waals surface area (Å²) in [7, 11) is 0. The minimum Gasteiger partial charge on any atom is -0.480 e. The van der Waals surface area contributed by atoms with Gasteiger partial charge in [-0.3, -0.25) is 4.79 Å². The monoisotopic (exact) mass is 296 g/mol. The number of carbonyl (C=O) groups excluding carboxylic acids is 1. The first-order chi connectivity index (χ1) is 10.1. The largest absolute Gasteiger partial charge is 0.480 e. The van der Waals surface area contributed by atoms with Crippen molar-refractivity contribution in [3.63, 3.8) is 0 Å². The molecule has 5 nitrogen and oxygen atoms in total. The average Bonchev–Trinajstić information content (AvgIpc) is 2.50. The van der Waals surface area contributed by atoms with Crippen LogP contribution in [0.15, 0.2) is 0 Å². The molecule has 2 fully saturated rings. The summed E-state index contributed by atoms with van der Waals surface area (Å²) in [6.45, 7) is 0.653. The third kappa shape index (κ3) is 3.96. The van der Waals surface area contributed by atoms with Crippen LogP contribution in [-0.4, -0.2) is 40.5 Å². The van der Waals surface area contributed by atoms with E-state index in [1.54, 1.807) is 4.90 Å². The molecular formula is C16H28N2O3. The van der Waals surface area contributed by atoms with E-state index in [1.807, 2.05) is 0 Å². The number of likely N-dealkylation sites (tertiary alicyclic amines) is 1. The molecule has 0 aromatic carbocycles. The lowest BCUT2D eigenvalue weighted by Crippen LogP contribution is -2.57. The Labute approximate surface area is 126 Å². The molecule has 5 heteroatoms. The second kappa shape index (κ2) is 7.78. The highest BCUT2D eigenvalue weighted by molar-refractivity contribution is 5.84. The molecule has 1 amide bonds. The minimum absolute atomic E-state index is 0.0380. The fourth-order valence-corrected chi connectivity index (χ4v) is 3.96. The van der Waals surface area contributed by atoms with Gasteiger partial charge in [-0.15, -0.1) is 0 Å². The van der Waals surface area contributed by atoms with Gasteiger partial charge in [-0.1, -0.05) is 19.3 Å². The molecule has 0 bridgehead atoms. The molecular weight excluding hydrogens is 268 g/mol. The Morgan fingerprint density at radius 1 is 1.05 bits per heavy atom. The van der Waals surface area contributed by atoms with Gasteiger partial charge in [-0.05, 0) is 51.0 Å². The number of fused-ring (bicyclic) bond motifs is 1. The summed E-state index contributed by atoms with van der Waals surface area (Å²) in [4.78, 5) is 25.8. The molecule has 0 spiro atoms. The molecule has 3 atom stereocenters. The number of nitrogens with zero attached hydrogens (tertiary/aromatic N) is 1. The molecule has 3 unspecified atom stereocenters.